The number of rotatable bonds is 12. The number of aryl methyl sites for hydroxylation is 2. The second kappa shape index (κ2) is 15.8. The fourth-order valence-corrected chi connectivity index (χ4v) is 7.76. The lowest BCUT2D eigenvalue weighted by Gasteiger charge is -2.35. The highest BCUT2D eigenvalue weighted by Crippen LogP contribution is 2.27. The van der Waals surface area contributed by atoms with Gasteiger partial charge in [0, 0.05) is 23.5 Å². The lowest BCUT2D eigenvalue weighted by Crippen LogP contribution is -2.55. The topological polar surface area (TPSA) is 86.8 Å². The molecule has 1 fully saturated rings. The number of carbonyl (C=O) groups excluding carboxylic acids is 2. The third kappa shape index (κ3) is 9.11. The van der Waals surface area contributed by atoms with Gasteiger partial charge in [0.25, 0.3) is 10.0 Å². The number of hydrogen-bond donors (Lipinski definition) is 1. The van der Waals surface area contributed by atoms with Crippen LogP contribution in [0.4, 0.5) is 5.69 Å². The first-order valence-corrected chi connectivity index (χ1v) is 18.4. The number of benzene rings is 4. The van der Waals surface area contributed by atoms with E-state index in [9.17, 15) is 18.0 Å². The van der Waals surface area contributed by atoms with Crippen LogP contribution in [0.15, 0.2) is 112 Å². The van der Waals surface area contributed by atoms with Crippen molar-refractivity contribution in [2.24, 2.45) is 0 Å². The van der Waals surface area contributed by atoms with Gasteiger partial charge in [0.2, 0.25) is 11.8 Å². The average Bonchev–Trinajstić information content (AvgIpc) is 3.06. The highest BCUT2D eigenvalue weighted by atomic mass is 79.9. The molecule has 1 atom stereocenters. The maximum absolute atomic E-state index is 14.7. The Kier molecular flexibility index (Phi) is 11.5. The number of halogens is 1. The molecule has 0 aliphatic heterocycles. The number of hydrogen-bond acceptors (Lipinski definition) is 4. The summed E-state index contributed by atoms with van der Waals surface area (Å²) in [4.78, 5) is 30.5. The highest BCUT2D eigenvalue weighted by Gasteiger charge is 2.35. The van der Waals surface area contributed by atoms with Crippen LogP contribution in [0.5, 0.6) is 0 Å². The first-order chi connectivity index (χ1) is 22.6. The molecule has 1 unspecified atom stereocenters. The van der Waals surface area contributed by atoms with E-state index in [1.165, 1.54) is 0 Å². The van der Waals surface area contributed by atoms with E-state index in [1.54, 1.807) is 53.4 Å². The third-order valence-electron chi connectivity index (χ3n) is 8.66. The molecule has 1 saturated carbocycles. The monoisotopic (exact) mass is 715 g/mol. The van der Waals surface area contributed by atoms with Crippen molar-refractivity contribution in [1.29, 1.82) is 0 Å². The maximum Gasteiger partial charge on any atom is 0.264 e. The molecule has 1 aliphatic rings. The predicted octanol–water partition coefficient (Wildman–Crippen LogP) is 7.35. The molecule has 0 spiro atoms. The van der Waals surface area contributed by atoms with Crippen LogP contribution in [0.2, 0.25) is 0 Å². The van der Waals surface area contributed by atoms with Crippen LogP contribution in [0.1, 0.15) is 54.4 Å². The zero-order valence-electron chi connectivity index (χ0n) is 26.9. The van der Waals surface area contributed by atoms with Gasteiger partial charge in [0.15, 0.2) is 0 Å². The van der Waals surface area contributed by atoms with Crippen molar-refractivity contribution in [2.75, 3.05) is 10.8 Å². The van der Waals surface area contributed by atoms with E-state index < -0.39 is 28.5 Å². The number of amides is 2. The van der Waals surface area contributed by atoms with Gasteiger partial charge in [-0.25, -0.2) is 8.42 Å². The molecule has 1 N–H and O–H groups in total. The number of nitrogens with one attached hydrogen (secondary N) is 1. The molecule has 246 valence electrons. The Bertz CT molecular complexity index is 1760. The molecule has 2 amide bonds. The molecule has 0 radical (unpaired) electrons. The number of nitrogens with zero attached hydrogens (tertiary/aromatic N) is 2. The van der Waals surface area contributed by atoms with E-state index in [1.807, 2.05) is 68.4 Å². The fourth-order valence-electron chi connectivity index (χ4n) is 6.08. The van der Waals surface area contributed by atoms with Crippen molar-refractivity contribution < 1.29 is 18.0 Å². The van der Waals surface area contributed by atoms with Crippen molar-refractivity contribution >= 4 is 43.5 Å². The Morgan fingerprint density at radius 2 is 1.47 bits per heavy atom. The van der Waals surface area contributed by atoms with E-state index in [0.29, 0.717) is 12.1 Å². The summed E-state index contributed by atoms with van der Waals surface area (Å²) in [5.74, 6) is -0.692. The third-order valence-corrected chi connectivity index (χ3v) is 11.0. The molecule has 5 rings (SSSR count). The predicted molar refractivity (Wildman–Crippen MR) is 191 cm³/mol. The lowest BCUT2D eigenvalue weighted by atomic mass is 9.94. The molecule has 47 heavy (non-hydrogen) atoms. The second-order valence-electron chi connectivity index (χ2n) is 12.4. The molecule has 0 bridgehead atoms. The number of anilines is 1. The quantitative estimate of drug-likeness (QED) is 0.166. The van der Waals surface area contributed by atoms with Gasteiger partial charge in [-0.15, -0.1) is 0 Å². The molecule has 4 aromatic carbocycles. The molecule has 9 heteroatoms. The van der Waals surface area contributed by atoms with Crippen molar-refractivity contribution in [3.63, 3.8) is 0 Å². The summed E-state index contributed by atoms with van der Waals surface area (Å²) in [6.45, 7) is 3.54. The van der Waals surface area contributed by atoms with Gasteiger partial charge in [-0.1, -0.05) is 113 Å². The summed E-state index contributed by atoms with van der Waals surface area (Å²) in [6.07, 6.45) is 5.36. The molecular formula is C38H42BrN3O4S. The first kappa shape index (κ1) is 34.4. The normalized spacial score (nSPS) is 14.3. The second-order valence-corrected chi connectivity index (χ2v) is 15.1. The summed E-state index contributed by atoms with van der Waals surface area (Å²) in [7, 11) is -4.15. The Morgan fingerprint density at radius 1 is 0.809 bits per heavy atom. The molecule has 0 saturated heterocycles. The minimum Gasteiger partial charge on any atom is -0.352 e. The van der Waals surface area contributed by atoms with Crippen LogP contribution >= 0.6 is 15.9 Å². The van der Waals surface area contributed by atoms with Gasteiger partial charge in [-0.05, 0) is 74.2 Å². The van der Waals surface area contributed by atoms with Crippen LogP contribution in [0.3, 0.4) is 0 Å². The van der Waals surface area contributed by atoms with Crippen molar-refractivity contribution in [3.05, 3.63) is 130 Å². The highest BCUT2D eigenvalue weighted by molar-refractivity contribution is 9.10. The molecule has 0 aromatic heterocycles. The van der Waals surface area contributed by atoms with E-state index in [0.717, 1.165) is 63.1 Å². The number of carbonyl (C=O) groups is 2. The SMILES string of the molecule is Cc1ccc(S(=O)(=O)N(CC(=O)N(Cc2cccc(C)c2)C(Cc2ccccc2)C(=O)NC2CCCCC2)c2ccc(Br)cc2)cc1. The maximum atomic E-state index is 14.7. The van der Waals surface area contributed by atoms with Crippen molar-refractivity contribution in [2.45, 2.75) is 75.9 Å². The lowest BCUT2D eigenvalue weighted by molar-refractivity contribution is -0.140. The van der Waals surface area contributed by atoms with E-state index >= 15 is 0 Å². The molecule has 7 nitrogen and oxygen atoms in total. The van der Waals surface area contributed by atoms with Gasteiger partial charge >= 0.3 is 0 Å². The number of sulfonamides is 1. The van der Waals surface area contributed by atoms with Gasteiger partial charge in [-0.3, -0.25) is 13.9 Å². The Labute approximate surface area is 287 Å². The molecule has 0 heterocycles. The largest absolute Gasteiger partial charge is 0.352 e. The average molecular weight is 717 g/mol. The van der Waals surface area contributed by atoms with Crippen LogP contribution in [-0.2, 0) is 32.6 Å². The van der Waals surface area contributed by atoms with Gasteiger partial charge in [-0.2, -0.15) is 0 Å². The summed E-state index contributed by atoms with van der Waals surface area (Å²) in [5.41, 5.74) is 4.07. The summed E-state index contributed by atoms with van der Waals surface area (Å²) < 4.78 is 30.4. The Hall–Kier alpha value is -3.95. The Balaban J connectivity index is 1.56. The van der Waals surface area contributed by atoms with Crippen molar-refractivity contribution in [1.82, 2.24) is 10.2 Å². The van der Waals surface area contributed by atoms with E-state index in [2.05, 4.69) is 21.2 Å². The smallest absolute Gasteiger partial charge is 0.264 e. The standard InChI is InChI=1S/C38H42BrN3O4S/c1-28-16-22-35(23-17-28)47(45,46)42(34-20-18-32(39)19-21-34)27-37(43)41(26-31-13-9-10-29(2)24-31)36(25-30-11-5-3-6-12-30)38(44)40-33-14-7-4-8-15-33/h3,5-6,9-13,16-24,33,36H,4,7-8,14-15,25-27H2,1-2H3,(H,40,44). The summed E-state index contributed by atoms with van der Waals surface area (Å²) in [6, 6.07) is 30.1. The first-order valence-electron chi connectivity index (χ1n) is 16.1. The summed E-state index contributed by atoms with van der Waals surface area (Å²) in [5, 5.41) is 3.25. The van der Waals surface area contributed by atoms with Crippen LogP contribution < -0.4 is 9.62 Å². The van der Waals surface area contributed by atoms with Gasteiger partial charge in [0.05, 0.1) is 10.6 Å². The molecule has 4 aromatic rings. The van der Waals surface area contributed by atoms with Crippen LogP contribution in [0, 0.1) is 13.8 Å². The molecule has 1 aliphatic carbocycles. The Morgan fingerprint density at radius 3 is 2.13 bits per heavy atom. The van der Waals surface area contributed by atoms with Crippen molar-refractivity contribution in [3.8, 4) is 0 Å². The molecular weight excluding hydrogens is 674 g/mol. The van der Waals surface area contributed by atoms with Crippen LogP contribution in [0.25, 0.3) is 0 Å². The fraction of sp³-hybridized carbons (Fsp3) is 0.316. The van der Waals surface area contributed by atoms with Gasteiger partial charge < -0.3 is 10.2 Å². The van der Waals surface area contributed by atoms with Crippen LogP contribution in [-0.4, -0.2) is 43.8 Å². The zero-order valence-corrected chi connectivity index (χ0v) is 29.3. The zero-order chi connectivity index (χ0) is 33.4. The minimum atomic E-state index is -4.15. The summed E-state index contributed by atoms with van der Waals surface area (Å²) >= 11 is 3.43. The van der Waals surface area contributed by atoms with E-state index in [-0.39, 0.29) is 23.4 Å². The van der Waals surface area contributed by atoms with E-state index in [4.69, 9.17) is 0 Å². The van der Waals surface area contributed by atoms with Gasteiger partial charge in [0.1, 0.15) is 12.6 Å². The minimum absolute atomic E-state index is 0.0478.